The first-order valence-electron chi connectivity index (χ1n) is 5.56. The lowest BCUT2D eigenvalue weighted by Gasteiger charge is -2.07. The van der Waals surface area contributed by atoms with Crippen LogP contribution >= 0.6 is 11.6 Å². The van der Waals surface area contributed by atoms with Crippen LogP contribution in [0.2, 0.25) is 5.02 Å². The molecule has 2 rings (SSSR count). The molecular weight excluding hydrogens is 252 g/mol. The molecule has 4 nitrogen and oxygen atoms in total. The van der Waals surface area contributed by atoms with Gasteiger partial charge in [-0.3, -0.25) is 4.79 Å². The predicted octanol–water partition coefficient (Wildman–Crippen LogP) is 3.12. The number of hydrogen-bond donors (Lipinski definition) is 2. The number of aryl methyl sites for hydroxylation is 1. The summed E-state index contributed by atoms with van der Waals surface area (Å²) in [5, 5.41) is 12.6. The third kappa shape index (κ3) is 2.65. The van der Waals surface area contributed by atoms with Gasteiger partial charge in [0, 0.05) is 24.5 Å². The highest BCUT2D eigenvalue weighted by molar-refractivity contribution is 6.31. The van der Waals surface area contributed by atoms with Crippen molar-refractivity contribution < 1.29 is 9.90 Å². The Morgan fingerprint density at radius 1 is 1.44 bits per heavy atom. The minimum absolute atomic E-state index is 0.108. The van der Waals surface area contributed by atoms with Crippen molar-refractivity contribution >= 4 is 23.2 Å². The molecule has 1 aromatic heterocycles. The topological polar surface area (TPSA) is 54.3 Å². The highest BCUT2D eigenvalue weighted by Gasteiger charge is 2.12. The number of carbonyl (C=O) groups excluding carboxylic acids is 1. The zero-order valence-electron chi connectivity index (χ0n) is 9.85. The second-order valence-electron chi connectivity index (χ2n) is 3.83. The number of phenolic OH excluding ortho intramolecular Hbond substituents is 1. The fourth-order valence-electron chi connectivity index (χ4n) is 1.71. The second kappa shape index (κ2) is 5.14. The van der Waals surface area contributed by atoms with Gasteiger partial charge in [-0.05, 0) is 25.1 Å². The van der Waals surface area contributed by atoms with E-state index in [0.29, 0.717) is 22.9 Å². The smallest absolute Gasteiger partial charge is 0.272 e. The van der Waals surface area contributed by atoms with Gasteiger partial charge < -0.3 is 15.0 Å². The fraction of sp³-hybridized carbons (Fsp3) is 0.154. The van der Waals surface area contributed by atoms with Crippen LogP contribution in [0.15, 0.2) is 36.5 Å². The van der Waals surface area contributed by atoms with Crippen molar-refractivity contribution in [2.45, 2.75) is 13.5 Å². The van der Waals surface area contributed by atoms with E-state index in [0.717, 1.165) is 0 Å². The van der Waals surface area contributed by atoms with Crippen molar-refractivity contribution in [3.05, 3.63) is 47.2 Å². The summed E-state index contributed by atoms with van der Waals surface area (Å²) in [4.78, 5) is 12.0. The van der Waals surface area contributed by atoms with E-state index in [1.807, 2.05) is 6.92 Å². The molecule has 2 aromatic rings. The molecule has 0 bridgehead atoms. The van der Waals surface area contributed by atoms with Gasteiger partial charge in [-0.2, -0.15) is 0 Å². The lowest BCUT2D eigenvalue weighted by atomic mass is 10.3. The lowest BCUT2D eigenvalue weighted by Crippen LogP contribution is -2.16. The van der Waals surface area contributed by atoms with Crippen LogP contribution in [-0.4, -0.2) is 15.6 Å². The maximum Gasteiger partial charge on any atom is 0.272 e. The Bertz CT molecular complexity index is 578. The number of carbonyl (C=O) groups is 1. The molecule has 0 atom stereocenters. The van der Waals surface area contributed by atoms with Crippen LogP contribution in [-0.2, 0) is 6.54 Å². The van der Waals surface area contributed by atoms with E-state index in [4.69, 9.17) is 11.6 Å². The molecule has 2 N–H and O–H groups in total. The van der Waals surface area contributed by atoms with Crippen LogP contribution in [0.5, 0.6) is 5.75 Å². The second-order valence-corrected chi connectivity index (χ2v) is 4.27. The van der Waals surface area contributed by atoms with E-state index < -0.39 is 0 Å². The Morgan fingerprint density at radius 3 is 2.89 bits per heavy atom. The largest absolute Gasteiger partial charge is 0.508 e. The van der Waals surface area contributed by atoms with E-state index in [1.165, 1.54) is 6.07 Å². The van der Waals surface area contributed by atoms with Gasteiger partial charge in [0.25, 0.3) is 5.91 Å². The summed E-state index contributed by atoms with van der Waals surface area (Å²) in [5.41, 5.74) is 1.03. The maximum atomic E-state index is 12.0. The monoisotopic (exact) mass is 264 g/mol. The summed E-state index contributed by atoms with van der Waals surface area (Å²) < 4.78 is 1.76. The molecule has 0 saturated heterocycles. The zero-order valence-corrected chi connectivity index (χ0v) is 10.6. The quantitative estimate of drug-likeness (QED) is 0.895. The fourth-order valence-corrected chi connectivity index (χ4v) is 1.93. The average Bonchev–Trinajstić information content (AvgIpc) is 2.70. The van der Waals surface area contributed by atoms with E-state index in [1.54, 1.807) is 35.0 Å². The Morgan fingerprint density at radius 2 is 2.22 bits per heavy atom. The molecule has 0 spiro atoms. The number of rotatable bonds is 3. The number of anilines is 1. The summed E-state index contributed by atoms with van der Waals surface area (Å²) in [6, 6.07) is 8.01. The van der Waals surface area contributed by atoms with Gasteiger partial charge in [0.2, 0.25) is 0 Å². The van der Waals surface area contributed by atoms with Crippen LogP contribution in [0.25, 0.3) is 0 Å². The van der Waals surface area contributed by atoms with Gasteiger partial charge in [-0.15, -0.1) is 0 Å². The molecule has 0 unspecified atom stereocenters. The van der Waals surface area contributed by atoms with Crippen molar-refractivity contribution in [1.29, 1.82) is 0 Å². The van der Waals surface area contributed by atoms with Gasteiger partial charge in [0.05, 0.1) is 5.02 Å². The van der Waals surface area contributed by atoms with Crippen LogP contribution in [0, 0.1) is 0 Å². The normalized spacial score (nSPS) is 10.3. The summed E-state index contributed by atoms with van der Waals surface area (Å²) >= 11 is 5.88. The van der Waals surface area contributed by atoms with Crippen LogP contribution < -0.4 is 5.32 Å². The third-order valence-corrected chi connectivity index (χ3v) is 2.75. The molecule has 94 valence electrons. The highest BCUT2D eigenvalue weighted by atomic mass is 35.5. The molecule has 0 radical (unpaired) electrons. The van der Waals surface area contributed by atoms with Crippen LogP contribution in [0.4, 0.5) is 5.69 Å². The molecule has 5 heteroatoms. The number of aromatic hydroxyl groups is 1. The Labute approximate surface area is 110 Å². The standard InChI is InChI=1S/C13H13ClN2O2/c1-2-16-8-9(14)6-12(16)13(18)15-10-4-3-5-11(17)7-10/h3-8,17H,2H2,1H3,(H,15,18). The van der Waals surface area contributed by atoms with Gasteiger partial charge in [0.15, 0.2) is 0 Å². The van der Waals surface area contributed by atoms with Crippen molar-refractivity contribution in [2.24, 2.45) is 0 Å². The number of nitrogens with one attached hydrogen (secondary N) is 1. The first-order valence-corrected chi connectivity index (χ1v) is 5.94. The molecular formula is C13H13ClN2O2. The molecule has 0 aliphatic heterocycles. The molecule has 0 aliphatic carbocycles. The van der Waals surface area contributed by atoms with E-state index in [9.17, 15) is 9.90 Å². The summed E-state index contributed by atoms with van der Waals surface area (Å²) in [6.45, 7) is 2.59. The van der Waals surface area contributed by atoms with Gasteiger partial charge in [-0.25, -0.2) is 0 Å². The zero-order chi connectivity index (χ0) is 13.1. The van der Waals surface area contributed by atoms with Crippen LogP contribution in [0.1, 0.15) is 17.4 Å². The molecule has 1 amide bonds. The Hall–Kier alpha value is -1.94. The number of aromatic nitrogens is 1. The van der Waals surface area contributed by atoms with Gasteiger partial charge >= 0.3 is 0 Å². The summed E-state index contributed by atoms with van der Waals surface area (Å²) in [6.07, 6.45) is 1.71. The van der Waals surface area contributed by atoms with E-state index >= 15 is 0 Å². The van der Waals surface area contributed by atoms with Gasteiger partial charge in [0.1, 0.15) is 11.4 Å². The minimum Gasteiger partial charge on any atom is -0.508 e. The Kier molecular flexibility index (Phi) is 3.58. The molecule has 0 fully saturated rings. The van der Waals surface area contributed by atoms with Crippen molar-refractivity contribution in [3.8, 4) is 5.75 Å². The minimum atomic E-state index is -0.255. The number of nitrogens with zero attached hydrogens (tertiary/aromatic N) is 1. The van der Waals surface area contributed by atoms with E-state index in [2.05, 4.69) is 5.32 Å². The number of hydrogen-bond acceptors (Lipinski definition) is 2. The van der Waals surface area contributed by atoms with Crippen molar-refractivity contribution in [1.82, 2.24) is 4.57 Å². The average molecular weight is 265 g/mol. The third-order valence-electron chi connectivity index (χ3n) is 2.54. The Balaban J connectivity index is 2.21. The van der Waals surface area contributed by atoms with E-state index in [-0.39, 0.29) is 11.7 Å². The summed E-state index contributed by atoms with van der Waals surface area (Å²) in [7, 11) is 0. The molecule has 18 heavy (non-hydrogen) atoms. The number of halogens is 1. The molecule has 0 saturated carbocycles. The molecule has 1 heterocycles. The predicted molar refractivity (Wildman–Crippen MR) is 71.2 cm³/mol. The number of amides is 1. The highest BCUT2D eigenvalue weighted by Crippen LogP contribution is 2.18. The lowest BCUT2D eigenvalue weighted by molar-refractivity contribution is 0.101. The van der Waals surface area contributed by atoms with Crippen molar-refractivity contribution in [2.75, 3.05) is 5.32 Å². The maximum absolute atomic E-state index is 12.0. The first kappa shape index (κ1) is 12.5. The first-order chi connectivity index (χ1) is 8.60. The number of benzene rings is 1. The summed E-state index contributed by atoms with van der Waals surface area (Å²) in [5.74, 6) is -0.147. The molecule has 0 aliphatic rings. The van der Waals surface area contributed by atoms with Crippen LogP contribution in [0.3, 0.4) is 0 Å². The number of phenols is 1. The van der Waals surface area contributed by atoms with Crippen molar-refractivity contribution in [3.63, 3.8) is 0 Å². The molecule has 1 aromatic carbocycles. The van der Waals surface area contributed by atoms with Gasteiger partial charge in [-0.1, -0.05) is 17.7 Å². The SMILES string of the molecule is CCn1cc(Cl)cc1C(=O)Nc1cccc(O)c1.